The fraction of sp³-hybridized carbons (Fsp3) is 0.684. The molecule has 0 saturated heterocycles. The number of hydrogen-bond donors (Lipinski definition) is 1. The third-order valence-electron chi connectivity index (χ3n) is 6.23. The van der Waals surface area contributed by atoms with Crippen molar-refractivity contribution in [1.82, 2.24) is 9.88 Å². The molecule has 0 spiro atoms. The number of nitrogens with zero attached hydrogens (tertiary/aromatic N) is 1. The Labute approximate surface area is 142 Å². The summed E-state index contributed by atoms with van der Waals surface area (Å²) in [5.74, 6) is 1.73. The van der Waals surface area contributed by atoms with Gasteiger partial charge in [-0.05, 0) is 75.3 Å². The van der Waals surface area contributed by atoms with Gasteiger partial charge < -0.3 is 14.6 Å². The summed E-state index contributed by atoms with van der Waals surface area (Å²) in [4.78, 5) is 24.8. The number of ether oxygens (including phenoxy) is 1. The van der Waals surface area contributed by atoms with Crippen molar-refractivity contribution in [1.29, 1.82) is 0 Å². The third-order valence-corrected chi connectivity index (χ3v) is 6.23. The Balaban J connectivity index is 1.39. The van der Waals surface area contributed by atoms with Crippen LogP contribution in [0.25, 0.3) is 0 Å². The Bertz CT molecular complexity index is 628. The van der Waals surface area contributed by atoms with Gasteiger partial charge in [-0.25, -0.2) is 4.79 Å². The van der Waals surface area contributed by atoms with Crippen molar-refractivity contribution in [2.45, 2.75) is 57.1 Å². The summed E-state index contributed by atoms with van der Waals surface area (Å²) >= 11 is 0. The largest absolute Gasteiger partial charge is 0.448 e. The number of amides is 1. The van der Waals surface area contributed by atoms with Crippen LogP contribution in [0.3, 0.4) is 0 Å². The molecule has 5 nitrogen and oxygen atoms in total. The average molecular weight is 330 g/mol. The number of aromatic nitrogens is 1. The lowest BCUT2D eigenvalue weighted by Gasteiger charge is -2.57. The highest BCUT2D eigenvalue weighted by atomic mass is 16.5. The molecule has 5 heteroatoms. The van der Waals surface area contributed by atoms with Crippen molar-refractivity contribution in [3.8, 4) is 0 Å². The summed E-state index contributed by atoms with van der Waals surface area (Å²) in [6.07, 6.45) is 8.35. The predicted molar refractivity (Wildman–Crippen MR) is 89.3 cm³/mol. The molecule has 130 valence electrons. The van der Waals surface area contributed by atoms with E-state index in [-0.39, 0.29) is 11.4 Å². The first-order valence-corrected chi connectivity index (χ1v) is 9.08. The predicted octanol–water partition coefficient (Wildman–Crippen LogP) is 2.66. The van der Waals surface area contributed by atoms with E-state index in [9.17, 15) is 9.59 Å². The van der Waals surface area contributed by atoms with Crippen LogP contribution in [-0.4, -0.2) is 28.1 Å². The van der Waals surface area contributed by atoms with Crippen molar-refractivity contribution in [3.05, 3.63) is 24.0 Å². The van der Waals surface area contributed by atoms with Gasteiger partial charge in [0.25, 0.3) is 5.91 Å². The van der Waals surface area contributed by atoms with Crippen LogP contribution in [0.5, 0.6) is 0 Å². The highest BCUT2D eigenvalue weighted by molar-refractivity contribution is 5.91. The summed E-state index contributed by atoms with van der Waals surface area (Å²) in [5, 5.41) is 3.27. The van der Waals surface area contributed by atoms with Gasteiger partial charge in [-0.3, -0.25) is 4.79 Å². The molecule has 4 saturated carbocycles. The molecule has 1 N–H and O–H groups in total. The van der Waals surface area contributed by atoms with Gasteiger partial charge >= 0.3 is 5.97 Å². The molecule has 1 aromatic heterocycles. The molecule has 4 aliphatic carbocycles. The molecule has 24 heavy (non-hydrogen) atoms. The van der Waals surface area contributed by atoms with Crippen LogP contribution in [0, 0.1) is 17.8 Å². The first kappa shape index (κ1) is 15.7. The van der Waals surface area contributed by atoms with Crippen LogP contribution in [-0.2, 0) is 16.6 Å². The summed E-state index contributed by atoms with van der Waals surface area (Å²) in [7, 11) is 1.79. The topological polar surface area (TPSA) is 60.3 Å². The number of hydrogen-bond acceptors (Lipinski definition) is 3. The normalized spacial score (nSPS) is 34.8. The second kappa shape index (κ2) is 5.64. The summed E-state index contributed by atoms with van der Waals surface area (Å²) < 4.78 is 7.08. The maximum absolute atomic E-state index is 12.6. The first-order chi connectivity index (χ1) is 11.4. The molecule has 4 bridgehead atoms. The van der Waals surface area contributed by atoms with E-state index >= 15 is 0 Å². The van der Waals surface area contributed by atoms with Crippen molar-refractivity contribution >= 4 is 11.9 Å². The van der Waals surface area contributed by atoms with E-state index < -0.39 is 12.1 Å². The zero-order chi connectivity index (χ0) is 16.9. The van der Waals surface area contributed by atoms with E-state index in [2.05, 4.69) is 5.32 Å². The second-order valence-corrected chi connectivity index (χ2v) is 8.24. The van der Waals surface area contributed by atoms with Crippen LogP contribution in [0.4, 0.5) is 0 Å². The van der Waals surface area contributed by atoms with Gasteiger partial charge in [0, 0.05) is 18.8 Å². The minimum atomic E-state index is -0.764. The highest BCUT2D eigenvalue weighted by Crippen LogP contribution is 2.55. The van der Waals surface area contributed by atoms with Crippen molar-refractivity contribution in [2.24, 2.45) is 24.8 Å². The van der Waals surface area contributed by atoms with Gasteiger partial charge in [0.2, 0.25) is 0 Å². The molecule has 0 unspecified atom stereocenters. The standard InChI is InChI=1S/C19H26N2O3/c1-12(24-18(23)16-4-3-5-21(16)2)17(22)20-19-9-13-6-14(10-19)8-15(7-13)11-19/h3-5,12-15H,6-11H2,1-2H3,(H,20,22)/t12-,13?,14?,15?,19?/m1/s1. The lowest BCUT2D eigenvalue weighted by atomic mass is 9.53. The molecule has 4 aliphatic rings. The Morgan fingerprint density at radius 1 is 1.21 bits per heavy atom. The summed E-state index contributed by atoms with van der Waals surface area (Å²) in [6.45, 7) is 1.66. The quantitative estimate of drug-likeness (QED) is 0.864. The zero-order valence-electron chi connectivity index (χ0n) is 14.5. The van der Waals surface area contributed by atoms with Crippen LogP contribution >= 0.6 is 0 Å². The fourth-order valence-corrected chi connectivity index (χ4v) is 5.57. The van der Waals surface area contributed by atoms with Gasteiger partial charge in [-0.2, -0.15) is 0 Å². The number of aryl methyl sites for hydroxylation is 1. The molecule has 5 rings (SSSR count). The Hall–Kier alpha value is -1.78. The molecule has 0 radical (unpaired) electrons. The van der Waals surface area contributed by atoms with Crippen molar-refractivity contribution < 1.29 is 14.3 Å². The summed E-state index contributed by atoms with van der Waals surface area (Å²) in [6, 6.07) is 3.49. The Morgan fingerprint density at radius 2 is 1.79 bits per heavy atom. The van der Waals surface area contributed by atoms with E-state index in [1.807, 2.05) is 0 Å². The molecule has 1 atom stereocenters. The molecule has 1 aromatic rings. The molecule has 1 amide bonds. The molecule has 1 heterocycles. The Morgan fingerprint density at radius 3 is 2.29 bits per heavy atom. The monoisotopic (exact) mass is 330 g/mol. The zero-order valence-corrected chi connectivity index (χ0v) is 14.5. The lowest BCUT2D eigenvalue weighted by molar-refractivity contribution is -0.134. The second-order valence-electron chi connectivity index (χ2n) is 8.24. The lowest BCUT2D eigenvalue weighted by Crippen LogP contribution is -2.61. The number of carbonyl (C=O) groups excluding carboxylic acids is 2. The highest BCUT2D eigenvalue weighted by Gasteiger charge is 2.51. The SMILES string of the molecule is C[C@@H](OC(=O)c1cccn1C)C(=O)NC12CC3CC(CC(C3)C1)C2. The van der Waals surface area contributed by atoms with E-state index in [0.29, 0.717) is 5.69 Å². The maximum atomic E-state index is 12.6. The summed E-state index contributed by atoms with van der Waals surface area (Å²) in [5.41, 5.74) is 0.418. The van der Waals surface area contributed by atoms with Crippen LogP contribution < -0.4 is 5.32 Å². The average Bonchev–Trinajstić information content (AvgIpc) is 2.91. The van der Waals surface area contributed by atoms with Crippen molar-refractivity contribution in [3.63, 3.8) is 0 Å². The van der Waals surface area contributed by atoms with E-state index in [0.717, 1.165) is 37.0 Å². The Kier molecular flexibility index (Phi) is 3.70. The minimum absolute atomic E-state index is 0.0442. The molecular formula is C19H26N2O3. The molecule has 0 aromatic carbocycles. The molecule has 0 aliphatic heterocycles. The van der Waals surface area contributed by atoms with Gasteiger partial charge in [0.05, 0.1) is 0 Å². The van der Waals surface area contributed by atoms with Crippen LogP contribution in [0.1, 0.15) is 55.9 Å². The van der Waals surface area contributed by atoms with Gasteiger partial charge in [-0.15, -0.1) is 0 Å². The smallest absolute Gasteiger partial charge is 0.355 e. The van der Waals surface area contributed by atoms with E-state index in [4.69, 9.17) is 4.74 Å². The van der Waals surface area contributed by atoms with Crippen molar-refractivity contribution in [2.75, 3.05) is 0 Å². The van der Waals surface area contributed by atoms with Gasteiger partial charge in [0.15, 0.2) is 6.10 Å². The maximum Gasteiger partial charge on any atom is 0.355 e. The number of nitrogens with one attached hydrogen (secondary N) is 1. The molecular weight excluding hydrogens is 304 g/mol. The van der Waals surface area contributed by atoms with Crippen LogP contribution in [0.15, 0.2) is 18.3 Å². The molecule has 4 fully saturated rings. The number of esters is 1. The first-order valence-electron chi connectivity index (χ1n) is 9.08. The van der Waals surface area contributed by atoms with Gasteiger partial charge in [-0.1, -0.05) is 0 Å². The van der Waals surface area contributed by atoms with Crippen LogP contribution in [0.2, 0.25) is 0 Å². The number of carbonyl (C=O) groups is 2. The van der Waals surface area contributed by atoms with E-state index in [1.165, 1.54) is 19.3 Å². The number of rotatable bonds is 4. The fourth-order valence-electron chi connectivity index (χ4n) is 5.57. The van der Waals surface area contributed by atoms with E-state index in [1.54, 1.807) is 36.9 Å². The third kappa shape index (κ3) is 2.74. The van der Waals surface area contributed by atoms with Gasteiger partial charge in [0.1, 0.15) is 5.69 Å². The minimum Gasteiger partial charge on any atom is -0.448 e.